The zero-order valence-electron chi connectivity index (χ0n) is 12.8. The number of thiophene rings is 1. The van der Waals surface area contributed by atoms with E-state index in [0.717, 1.165) is 22.7 Å². The van der Waals surface area contributed by atoms with Crippen LogP contribution in [0.4, 0.5) is 11.9 Å². The third-order valence-electron chi connectivity index (χ3n) is 2.68. The standard InChI is InChI=1S/C12H14ClN5OS.C2H6/c1-8(2-3-9-4-5-20-10(9)13)17-12-15-6-14-11(18-12)16-7-19;1-2/h4-8H,2-3H2,1H3,(H2,14,15,16,17,18,19);1-2H3. The zero-order valence-corrected chi connectivity index (χ0v) is 14.4. The lowest BCUT2D eigenvalue weighted by atomic mass is 10.1. The van der Waals surface area contributed by atoms with Gasteiger partial charge in [0.2, 0.25) is 18.3 Å². The molecule has 22 heavy (non-hydrogen) atoms. The van der Waals surface area contributed by atoms with Gasteiger partial charge < -0.3 is 5.32 Å². The van der Waals surface area contributed by atoms with Crippen molar-refractivity contribution in [3.05, 3.63) is 27.7 Å². The number of nitrogens with one attached hydrogen (secondary N) is 2. The van der Waals surface area contributed by atoms with Gasteiger partial charge in [-0.15, -0.1) is 11.3 Å². The predicted molar refractivity (Wildman–Crippen MR) is 91.6 cm³/mol. The highest BCUT2D eigenvalue weighted by molar-refractivity contribution is 7.14. The van der Waals surface area contributed by atoms with Gasteiger partial charge >= 0.3 is 0 Å². The minimum absolute atomic E-state index is 0.178. The van der Waals surface area contributed by atoms with Crippen molar-refractivity contribution >= 4 is 41.2 Å². The second kappa shape index (κ2) is 10.1. The summed E-state index contributed by atoms with van der Waals surface area (Å²) in [6.45, 7) is 6.04. The molecule has 0 aliphatic rings. The number of hydrogen-bond acceptors (Lipinski definition) is 6. The lowest BCUT2D eigenvalue weighted by Crippen LogP contribution is -2.18. The molecule has 0 aromatic carbocycles. The molecule has 0 saturated carbocycles. The second-order valence-electron chi connectivity index (χ2n) is 4.20. The molecule has 0 spiro atoms. The number of carbonyl (C=O) groups excluding carboxylic acids is 1. The number of hydrogen-bond donors (Lipinski definition) is 2. The molecule has 120 valence electrons. The third-order valence-corrected chi connectivity index (χ3v) is 3.93. The molecule has 0 saturated heterocycles. The summed E-state index contributed by atoms with van der Waals surface area (Å²) in [7, 11) is 0. The van der Waals surface area contributed by atoms with Crippen molar-refractivity contribution in [1.82, 2.24) is 15.0 Å². The molecule has 2 aromatic rings. The van der Waals surface area contributed by atoms with E-state index in [1.807, 2.05) is 32.2 Å². The Morgan fingerprint density at radius 2 is 2.09 bits per heavy atom. The van der Waals surface area contributed by atoms with Gasteiger partial charge in [-0.3, -0.25) is 10.1 Å². The number of amides is 1. The fraction of sp³-hybridized carbons (Fsp3) is 0.429. The SMILES string of the molecule is CC.CC(CCc1ccsc1Cl)Nc1ncnc(NC=O)n1. The molecule has 1 atom stereocenters. The van der Waals surface area contributed by atoms with Gasteiger partial charge in [0.25, 0.3) is 0 Å². The first kappa shape index (κ1) is 18.3. The number of nitrogens with zero attached hydrogens (tertiary/aromatic N) is 3. The summed E-state index contributed by atoms with van der Waals surface area (Å²) in [4.78, 5) is 22.2. The summed E-state index contributed by atoms with van der Waals surface area (Å²) in [6, 6.07) is 2.21. The van der Waals surface area contributed by atoms with Crippen LogP contribution in [0.15, 0.2) is 17.8 Å². The molecule has 0 aliphatic carbocycles. The Labute approximate surface area is 139 Å². The second-order valence-corrected chi connectivity index (χ2v) is 5.72. The summed E-state index contributed by atoms with van der Waals surface area (Å²) in [6.07, 6.45) is 3.67. The Bertz CT molecular complexity index is 578. The van der Waals surface area contributed by atoms with Crippen LogP contribution in [-0.4, -0.2) is 27.4 Å². The van der Waals surface area contributed by atoms with Crippen LogP contribution in [0, 0.1) is 0 Å². The summed E-state index contributed by atoms with van der Waals surface area (Å²) in [5.41, 5.74) is 1.16. The van der Waals surface area contributed by atoms with E-state index in [2.05, 4.69) is 25.6 Å². The predicted octanol–water partition coefficient (Wildman–Crippen LogP) is 3.61. The van der Waals surface area contributed by atoms with Gasteiger partial charge in [-0.05, 0) is 36.8 Å². The maximum atomic E-state index is 10.3. The first-order chi connectivity index (χ1) is 10.7. The van der Waals surface area contributed by atoms with Crippen LogP contribution in [0.3, 0.4) is 0 Å². The maximum absolute atomic E-state index is 10.3. The molecule has 2 N–H and O–H groups in total. The van der Waals surface area contributed by atoms with E-state index in [9.17, 15) is 4.79 Å². The van der Waals surface area contributed by atoms with Gasteiger partial charge in [-0.25, -0.2) is 9.97 Å². The molecule has 2 heterocycles. The molecule has 1 unspecified atom stereocenters. The van der Waals surface area contributed by atoms with Crippen molar-refractivity contribution in [3.8, 4) is 0 Å². The highest BCUT2D eigenvalue weighted by atomic mass is 35.5. The summed E-state index contributed by atoms with van der Waals surface area (Å²) in [5, 5.41) is 7.53. The molecular formula is C14H20ClN5OS. The average molecular weight is 342 g/mol. The fourth-order valence-electron chi connectivity index (χ4n) is 1.65. The number of aromatic nitrogens is 3. The van der Waals surface area contributed by atoms with Crippen LogP contribution in [0.5, 0.6) is 0 Å². The van der Waals surface area contributed by atoms with Gasteiger partial charge in [-0.1, -0.05) is 25.4 Å². The van der Waals surface area contributed by atoms with Crippen LogP contribution >= 0.6 is 22.9 Å². The van der Waals surface area contributed by atoms with Crippen molar-refractivity contribution in [2.75, 3.05) is 10.6 Å². The van der Waals surface area contributed by atoms with Crippen molar-refractivity contribution in [2.45, 2.75) is 39.7 Å². The number of rotatable bonds is 7. The van der Waals surface area contributed by atoms with E-state index < -0.39 is 0 Å². The van der Waals surface area contributed by atoms with Gasteiger partial charge in [0.15, 0.2) is 0 Å². The van der Waals surface area contributed by atoms with E-state index in [1.54, 1.807) is 0 Å². The highest BCUT2D eigenvalue weighted by Crippen LogP contribution is 2.24. The smallest absolute Gasteiger partial charge is 0.233 e. The molecule has 8 heteroatoms. The Balaban J connectivity index is 0.00000116. The van der Waals surface area contributed by atoms with Gasteiger partial charge in [-0.2, -0.15) is 4.98 Å². The molecule has 0 radical (unpaired) electrons. The molecular weight excluding hydrogens is 322 g/mol. The highest BCUT2D eigenvalue weighted by Gasteiger charge is 2.08. The van der Waals surface area contributed by atoms with Crippen LogP contribution in [0.25, 0.3) is 0 Å². The number of halogens is 1. The molecule has 2 aromatic heterocycles. The number of aryl methyl sites for hydroxylation is 1. The minimum atomic E-state index is 0.178. The largest absolute Gasteiger partial charge is 0.352 e. The molecule has 0 fully saturated rings. The monoisotopic (exact) mass is 341 g/mol. The van der Waals surface area contributed by atoms with E-state index in [0.29, 0.717) is 12.4 Å². The molecule has 0 bridgehead atoms. The third kappa shape index (κ3) is 5.95. The quantitative estimate of drug-likeness (QED) is 0.752. The van der Waals surface area contributed by atoms with Crippen LogP contribution in [0.1, 0.15) is 32.8 Å². The van der Waals surface area contributed by atoms with Gasteiger partial charge in [0, 0.05) is 6.04 Å². The van der Waals surface area contributed by atoms with Crippen LogP contribution in [-0.2, 0) is 11.2 Å². The first-order valence-electron chi connectivity index (χ1n) is 7.06. The zero-order chi connectivity index (χ0) is 16.4. The Morgan fingerprint density at radius 1 is 1.36 bits per heavy atom. The van der Waals surface area contributed by atoms with Crippen LogP contribution < -0.4 is 10.6 Å². The average Bonchev–Trinajstić information content (AvgIpc) is 2.93. The summed E-state index contributed by atoms with van der Waals surface area (Å²) >= 11 is 7.60. The molecule has 6 nitrogen and oxygen atoms in total. The van der Waals surface area contributed by atoms with Crippen molar-refractivity contribution in [1.29, 1.82) is 0 Å². The lowest BCUT2D eigenvalue weighted by molar-refractivity contribution is -0.105. The van der Waals surface area contributed by atoms with E-state index in [1.165, 1.54) is 17.7 Å². The molecule has 2 rings (SSSR count). The van der Waals surface area contributed by atoms with E-state index in [-0.39, 0.29) is 12.0 Å². The summed E-state index contributed by atoms with van der Waals surface area (Å²) in [5.74, 6) is 0.666. The van der Waals surface area contributed by atoms with E-state index in [4.69, 9.17) is 11.6 Å². The van der Waals surface area contributed by atoms with Gasteiger partial charge in [0.1, 0.15) is 6.33 Å². The van der Waals surface area contributed by atoms with Crippen LogP contribution in [0.2, 0.25) is 4.34 Å². The summed E-state index contributed by atoms with van der Waals surface area (Å²) < 4.78 is 0.842. The molecule has 1 amide bonds. The minimum Gasteiger partial charge on any atom is -0.352 e. The van der Waals surface area contributed by atoms with E-state index >= 15 is 0 Å². The van der Waals surface area contributed by atoms with Gasteiger partial charge in [0.05, 0.1) is 4.34 Å². The lowest BCUT2D eigenvalue weighted by Gasteiger charge is -2.13. The maximum Gasteiger partial charge on any atom is 0.233 e. The Kier molecular flexibility index (Phi) is 8.39. The Morgan fingerprint density at radius 3 is 2.73 bits per heavy atom. The topological polar surface area (TPSA) is 79.8 Å². The molecule has 0 aliphatic heterocycles. The number of anilines is 2. The number of carbonyl (C=O) groups is 1. The van der Waals surface area contributed by atoms with Crippen molar-refractivity contribution in [2.24, 2.45) is 0 Å². The fourth-order valence-corrected chi connectivity index (χ4v) is 2.64. The first-order valence-corrected chi connectivity index (χ1v) is 8.32. The Hall–Kier alpha value is -1.73. The van der Waals surface area contributed by atoms with Crippen molar-refractivity contribution < 1.29 is 4.79 Å². The van der Waals surface area contributed by atoms with Crippen molar-refractivity contribution in [3.63, 3.8) is 0 Å². The normalized spacial score (nSPS) is 11.1.